The minimum Gasteiger partial charge on any atom is -0.455 e. The molecule has 4 heterocycles. The van der Waals surface area contributed by atoms with Crippen LogP contribution in [-0.4, -0.2) is 0 Å². The van der Waals surface area contributed by atoms with Gasteiger partial charge in [-0.1, -0.05) is 255 Å². The van der Waals surface area contributed by atoms with Crippen LogP contribution in [0.2, 0.25) is 0 Å². The summed E-state index contributed by atoms with van der Waals surface area (Å²) in [7, 11) is 0. The second-order valence-corrected chi connectivity index (χ2v) is 29.0. The Balaban J connectivity index is 0.674. The van der Waals surface area contributed by atoms with Crippen molar-refractivity contribution in [3.05, 3.63) is 303 Å². The van der Waals surface area contributed by atoms with E-state index >= 15 is 0 Å². The number of benzene rings is 18. The molecule has 0 amide bonds. The second kappa shape index (κ2) is 20.0. The van der Waals surface area contributed by atoms with E-state index in [-0.39, 0.29) is 0 Å². The molecule has 22 aromatic rings. The van der Waals surface area contributed by atoms with E-state index < -0.39 is 0 Å². The Labute approximate surface area is 561 Å². The van der Waals surface area contributed by atoms with E-state index in [9.17, 15) is 0 Å². The van der Waals surface area contributed by atoms with Crippen LogP contribution in [0.3, 0.4) is 0 Å². The Hall–Kier alpha value is -11.5. The molecule has 0 saturated heterocycles. The Kier molecular flexibility index (Phi) is 11.0. The Morgan fingerprint density at radius 2 is 0.531 bits per heavy atom. The van der Waals surface area contributed by atoms with Crippen molar-refractivity contribution < 1.29 is 4.42 Å². The molecule has 0 N–H and O–H groups in total. The van der Waals surface area contributed by atoms with Gasteiger partial charge in [-0.3, -0.25) is 0 Å². The van der Waals surface area contributed by atoms with Crippen LogP contribution in [-0.2, 0) is 0 Å². The second-order valence-electron chi connectivity index (χ2n) is 25.9. The van der Waals surface area contributed by atoms with Crippen LogP contribution < -0.4 is 0 Å². The van der Waals surface area contributed by atoms with Crippen LogP contribution in [0.4, 0.5) is 0 Å². The largest absolute Gasteiger partial charge is 0.455 e. The summed E-state index contributed by atoms with van der Waals surface area (Å²) >= 11 is 5.73. The van der Waals surface area contributed by atoms with Crippen LogP contribution in [0.15, 0.2) is 308 Å². The maximum absolute atomic E-state index is 7.12. The number of fused-ring (bicyclic) bond motifs is 26. The maximum atomic E-state index is 7.12. The van der Waals surface area contributed by atoms with Crippen molar-refractivity contribution >= 4 is 203 Å². The van der Waals surface area contributed by atoms with Crippen molar-refractivity contribution in [2.24, 2.45) is 0 Å². The van der Waals surface area contributed by atoms with Crippen LogP contribution in [0.25, 0.3) is 224 Å². The molecule has 0 radical (unpaired) electrons. The third-order valence-corrected chi connectivity index (χ3v) is 24.6. The van der Waals surface area contributed by atoms with Crippen molar-refractivity contribution in [2.45, 2.75) is 0 Å². The first-order valence-corrected chi connectivity index (χ1v) is 35.4. The first kappa shape index (κ1) is 52.9. The fourth-order valence-corrected chi connectivity index (χ4v) is 20.6. The van der Waals surface area contributed by atoms with Crippen LogP contribution in [0.5, 0.6) is 0 Å². The normalized spacial score (nSPS) is 12.4. The van der Waals surface area contributed by atoms with E-state index in [2.05, 4.69) is 303 Å². The van der Waals surface area contributed by atoms with E-state index in [1.165, 1.54) is 191 Å². The van der Waals surface area contributed by atoms with Gasteiger partial charge in [0.05, 0.1) is 0 Å². The van der Waals surface area contributed by atoms with E-state index in [4.69, 9.17) is 4.42 Å². The summed E-state index contributed by atoms with van der Waals surface area (Å²) in [6, 6.07) is 114. The van der Waals surface area contributed by atoms with Gasteiger partial charge in [0.25, 0.3) is 0 Å². The highest BCUT2D eigenvalue weighted by molar-refractivity contribution is 7.27. The SMILES string of the molecule is c1ccc2c(c1)sc1c(-c3c4ccccc4c(-c4ccc5sc6c7ccc(-c8ccc9oc%10c(-c%11c%12ccccc%12c(-c%12ccc%13sc%14c%15ccccc%15c%15ccccc%15c%14c%13c%12)c%12ccccc%11%12)cccc%10c9c8)cc7c7ccccc7c6c5c4)c4ccccc34)cccc12. The highest BCUT2D eigenvalue weighted by atomic mass is 32.1. The lowest BCUT2D eigenvalue weighted by Crippen LogP contribution is -1.91. The Morgan fingerprint density at radius 3 is 1.08 bits per heavy atom. The topological polar surface area (TPSA) is 13.1 Å². The third kappa shape index (κ3) is 7.38. The highest BCUT2D eigenvalue weighted by Crippen LogP contribution is 2.53. The number of hydrogen-bond donors (Lipinski definition) is 0. The molecule has 0 spiro atoms. The minimum absolute atomic E-state index is 0.877. The molecule has 0 saturated carbocycles. The Morgan fingerprint density at radius 1 is 0.188 bits per heavy atom. The highest BCUT2D eigenvalue weighted by Gasteiger charge is 2.25. The van der Waals surface area contributed by atoms with Crippen molar-refractivity contribution in [1.29, 1.82) is 0 Å². The smallest absolute Gasteiger partial charge is 0.143 e. The molecule has 0 fully saturated rings. The summed E-state index contributed by atoms with van der Waals surface area (Å²) in [5, 5.41) is 30.3. The van der Waals surface area contributed by atoms with Gasteiger partial charge in [-0.05, 0) is 163 Å². The lowest BCUT2D eigenvalue weighted by molar-refractivity contribution is 0.670. The van der Waals surface area contributed by atoms with E-state index in [0.717, 1.165) is 33.1 Å². The van der Waals surface area contributed by atoms with Gasteiger partial charge in [-0.15, -0.1) is 34.0 Å². The van der Waals surface area contributed by atoms with E-state index in [0.29, 0.717) is 0 Å². The van der Waals surface area contributed by atoms with E-state index in [1.807, 2.05) is 34.0 Å². The summed E-state index contributed by atoms with van der Waals surface area (Å²) in [5.41, 5.74) is 14.0. The van der Waals surface area contributed by atoms with Gasteiger partial charge in [-0.2, -0.15) is 0 Å². The summed E-state index contributed by atoms with van der Waals surface area (Å²) in [4.78, 5) is 0. The van der Waals surface area contributed by atoms with Gasteiger partial charge < -0.3 is 4.42 Å². The molecule has 0 bridgehead atoms. The number of furan rings is 1. The molecule has 4 heteroatoms. The molecule has 4 aromatic heterocycles. The number of para-hydroxylation sites is 1. The van der Waals surface area contributed by atoms with Gasteiger partial charge in [-0.25, -0.2) is 0 Å². The zero-order valence-electron chi connectivity index (χ0n) is 51.5. The molecule has 442 valence electrons. The molecule has 0 aliphatic carbocycles. The van der Waals surface area contributed by atoms with Gasteiger partial charge in [0.15, 0.2) is 0 Å². The van der Waals surface area contributed by atoms with Gasteiger partial charge in [0.2, 0.25) is 0 Å². The fraction of sp³-hybridized carbons (Fsp3) is 0. The third-order valence-electron chi connectivity index (χ3n) is 21.0. The quantitative estimate of drug-likeness (QED) is 0.124. The fourth-order valence-electron chi connectivity index (χ4n) is 16.9. The molecular weight excluding hydrogens is 1220 g/mol. The predicted molar refractivity (Wildman–Crippen MR) is 420 cm³/mol. The van der Waals surface area contributed by atoms with Crippen molar-refractivity contribution in [3.8, 4) is 55.6 Å². The standard InChI is InChI=1S/C92H50OS3/c1-4-23-59-55(19-1)56-20-3-14-33-70(56)91-87(59)77-49-53(41-45-81(77)95-91)83-61-25-6-10-29-65(61)85(66-30-11-7-26-62(66)83)73-36-17-34-69-76-48-52(40-44-79(76)93-89(69)73)51-39-43-72-75(47-51)57-21-2-5-24-60(57)88-78-50-54(42-46-82(78)96-92(72)88)84-63-27-8-12-31-67(63)86(68-32-13-9-28-64(68)84)74-37-18-35-71-58-22-15-16-38-80(58)94-90(71)74/h1-50H. The molecule has 0 atom stereocenters. The predicted octanol–water partition coefficient (Wildman–Crippen LogP) is 28.3. The average molecular weight is 1270 g/mol. The maximum Gasteiger partial charge on any atom is 0.143 e. The van der Waals surface area contributed by atoms with Gasteiger partial charge in [0, 0.05) is 98.8 Å². The Bertz CT molecular complexity index is 7100. The molecule has 22 rings (SSSR count). The summed E-state index contributed by atoms with van der Waals surface area (Å²) in [5.74, 6) is 0. The van der Waals surface area contributed by atoms with Crippen molar-refractivity contribution in [3.63, 3.8) is 0 Å². The zero-order valence-corrected chi connectivity index (χ0v) is 53.9. The molecular formula is C92H50OS3. The minimum atomic E-state index is 0.877. The molecule has 96 heavy (non-hydrogen) atoms. The molecule has 0 aliphatic heterocycles. The molecule has 18 aromatic carbocycles. The molecule has 0 aliphatic rings. The average Bonchev–Trinajstić information content (AvgIpc) is 1.28. The monoisotopic (exact) mass is 1270 g/mol. The molecule has 1 nitrogen and oxygen atoms in total. The van der Waals surface area contributed by atoms with Gasteiger partial charge in [0.1, 0.15) is 11.2 Å². The lowest BCUT2D eigenvalue weighted by Gasteiger charge is -2.18. The van der Waals surface area contributed by atoms with E-state index in [1.54, 1.807) is 0 Å². The molecule has 0 unspecified atom stereocenters. The summed E-state index contributed by atoms with van der Waals surface area (Å²) in [6.45, 7) is 0. The first-order chi connectivity index (χ1) is 47.6. The first-order valence-electron chi connectivity index (χ1n) is 32.9. The van der Waals surface area contributed by atoms with Crippen molar-refractivity contribution in [2.75, 3.05) is 0 Å². The number of hydrogen-bond acceptors (Lipinski definition) is 4. The number of thiophene rings is 3. The summed E-state index contributed by atoms with van der Waals surface area (Å²) < 4.78 is 15.0. The van der Waals surface area contributed by atoms with Gasteiger partial charge >= 0.3 is 0 Å². The van der Waals surface area contributed by atoms with Crippen LogP contribution in [0, 0.1) is 0 Å². The van der Waals surface area contributed by atoms with Crippen LogP contribution >= 0.6 is 34.0 Å². The number of rotatable bonds is 5. The van der Waals surface area contributed by atoms with Crippen molar-refractivity contribution in [1.82, 2.24) is 0 Å². The lowest BCUT2D eigenvalue weighted by atomic mass is 9.85. The van der Waals surface area contributed by atoms with Crippen LogP contribution in [0.1, 0.15) is 0 Å². The summed E-state index contributed by atoms with van der Waals surface area (Å²) in [6.07, 6.45) is 0. The zero-order chi connectivity index (χ0) is 62.4.